The van der Waals surface area contributed by atoms with E-state index in [-0.39, 0.29) is 0 Å². The summed E-state index contributed by atoms with van der Waals surface area (Å²) in [6, 6.07) is 15.8. The van der Waals surface area contributed by atoms with E-state index in [1.165, 1.54) is 42.0 Å². The summed E-state index contributed by atoms with van der Waals surface area (Å²) in [4.78, 5) is 0. The van der Waals surface area contributed by atoms with Gasteiger partial charge in [-0.1, -0.05) is 55.3 Å². The summed E-state index contributed by atoms with van der Waals surface area (Å²) in [5.41, 5.74) is 1.18. The van der Waals surface area contributed by atoms with E-state index in [4.69, 9.17) is 0 Å². The van der Waals surface area contributed by atoms with Crippen molar-refractivity contribution in [3.63, 3.8) is 0 Å². The van der Waals surface area contributed by atoms with Crippen LogP contribution in [0.25, 0.3) is 10.8 Å². The second kappa shape index (κ2) is 5.73. The third-order valence-corrected chi connectivity index (χ3v) is 9.18. The van der Waals surface area contributed by atoms with E-state index in [0.29, 0.717) is 18.2 Å². The van der Waals surface area contributed by atoms with E-state index >= 15 is 0 Å². The maximum Gasteiger partial charge on any atom is 0.220 e. The summed E-state index contributed by atoms with van der Waals surface area (Å²) in [6.45, 7) is 0. The molecule has 1 heterocycles. The second-order valence-corrected chi connectivity index (χ2v) is 9.98. The van der Waals surface area contributed by atoms with E-state index < -0.39 is 7.44 Å². The quantitative estimate of drug-likeness (QED) is 0.745. The molecule has 2 aromatic carbocycles. The lowest BCUT2D eigenvalue weighted by atomic mass is 9.91. The fraction of sp³-hybridized carbons (Fsp3) is 0.474. The third kappa shape index (κ3) is 2.46. The predicted octanol–water partition coefficient (Wildman–Crippen LogP) is 4.72. The summed E-state index contributed by atoms with van der Waals surface area (Å²) in [7, 11) is 1.66. The molecular formula is C19H25N2OP. The van der Waals surface area contributed by atoms with Gasteiger partial charge in [-0.15, -0.1) is 0 Å². The Morgan fingerprint density at radius 1 is 0.957 bits per heavy atom. The minimum atomic E-state index is -2.49. The first-order valence-corrected chi connectivity index (χ1v) is 10.4. The molecular weight excluding hydrogens is 303 g/mol. The molecule has 1 aliphatic carbocycles. The van der Waals surface area contributed by atoms with Crippen LogP contribution in [0.2, 0.25) is 0 Å². The van der Waals surface area contributed by atoms with Gasteiger partial charge in [-0.25, -0.2) is 9.34 Å². The van der Waals surface area contributed by atoms with Gasteiger partial charge in [0.15, 0.2) is 0 Å². The number of nitrogens with zero attached hydrogens (tertiary/aromatic N) is 2. The fourth-order valence-corrected chi connectivity index (χ4v) is 7.48. The van der Waals surface area contributed by atoms with Crippen LogP contribution in [0.15, 0.2) is 42.5 Å². The van der Waals surface area contributed by atoms with Crippen molar-refractivity contribution in [1.29, 1.82) is 0 Å². The first kappa shape index (κ1) is 15.4. The molecule has 2 aliphatic rings. The van der Waals surface area contributed by atoms with Crippen molar-refractivity contribution in [1.82, 2.24) is 9.34 Å². The topological polar surface area (TPSA) is 23.6 Å². The molecule has 4 rings (SSSR count). The average Bonchev–Trinajstić information content (AvgIpc) is 2.77. The van der Waals surface area contributed by atoms with Gasteiger partial charge in [0.2, 0.25) is 7.44 Å². The molecule has 4 heteroatoms. The normalized spacial score (nSPS) is 28.1. The lowest BCUT2D eigenvalue weighted by molar-refractivity contribution is 0.233. The largest absolute Gasteiger partial charge is 0.288 e. The monoisotopic (exact) mass is 328 g/mol. The van der Waals surface area contributed by atoms with Crippen LogP contribution in [0, 0.1) is 0 Å². The molecule has 0 amide bonds. The molecule has 2 aromatic rings. The first-order chi connectivity index (χ1) is 11.1. The van der Waals surface area contributed by atoms with Crippen LogP contribution in [0.4, 0.5) is 0 Å². The Balaban J connectivity index is 1.67. The van der Waals surface area contributed by atoms with Crippen molar-refractivity contribution in [3.05, 3.63) is 48.0 Å². The number of benzene rings is 2. The van der Waals surface area contributed by atoms with Crippen LogP contribution >= 0.6 is 7.44 Å². The molecule has 0 spiro atoms. The Bertz CT molecular complexity index is 753. The molecule has 0 N–H and O–H groups in total. The predicted molar refractivity (Wildman–Crippen MR) is 96.8 cm³/mol. The maximum absolute atomic E-state index is 13.8. The van der Waals surface area contributed by atoms with Gasteiger partial charge in [0.1, 0.15) is 0 Å². The number of likely N-dealkylation sites (N-methyl/N-ethyl adjacent to an activating group) is 2. The van der Waals surface area contributed by atoms with E-state index in [9.17, 15) is 4.57 Å². The summed E-state index contributed by atoms with van der Waals surface area (Å²) < 4.78 is 18.2. The zero-order valence-electron chi connectivity index (χ0n) is 14.0. The molecule has 3 nitrogen and oxygen atoms in total. The number of hydrogen-bond acceptors (Lipinski definition) is 1. The Kier molecular flexibility index (Phi) is 3.84. The minimum Gasteiger partial charge on any atom is -0.288 e. The molecule has 1 saturated heterocycles. The van der Waals surface area contributed by atoms with Gasteiger partial charge >= 0.3 is 0 Å². The highest BCUT2D eigenvalue weighted by atomic mass is 31.2. The smallest absolute Gasteiger partial charge is 0.220 e. The van der Waals surface area contributed by atoms with Crippen LogP contribution in [0.3, 0.4) is 0 Å². The maximum atomic E-state index is 13.8. The molecule has 2 atom stereocenters. The molecule has 2 fully saturated rings. The van der Waals surface area contributed by atoms with E-state index in [2.05, 4.69) is 65.9 Å². The average molecular weight is 328 g/mol. The number of hydrogen-bond donors (Lipinski definition) is 0. The van der Waals surface area contributed by atoms with Gasteiger partial charge in [-0.3, -0.25) is 4.57 Å². The minimum absolute atomic E-state index is 0.472. The van der Waals surface area contributed by atoms with E-state index in [1.54, 1.807) is 0 Å². The van der Waals surface area contributed by atoms with Gasteiger partial charge in [0.05, 0.1) is 6.16 Å². The molecule has 0 aromatic heterocycles. The second-order valence-electron chi connectivity index (χ2n) is 7.07. The van der Waals surface area contributed by atoms with Gasteiger partial charge < -0.3 is 0 Å². The van der Waals surface area contributed by atoms with Gasteiger partial charge in [-0.2, -0.15) is 0 Å². The summed E-state index contributed by atoms with van der Waals surface area (Å²) in [5, 5.41) is 2.48. The molecule has 1 saturated carbocycles. The molecule has 0 bridgehead atoms. The lowest BCUT2D eigenvalue weighted by Crippen LogP contribution is -2.37. The zero-order valence-corrected chi connectivity index (χ0v) is 14.9. The highest BCUT2D eigenvalue weighted by molar-refractivity contribution is 7.58. The third-order valence-electron chi connectivity index (χ3n) is 5.84. The summed E-state index contributed by atoms with van der Waals surface area (Å²) in [6.07, 6.45) is 5.57. The lowest BCUT2D eigenvalue weighted by Gasteiger charge is -2.28. The number of rotatable bonds is 2. The van der Waals surface area contributed by atoms with Crippen LogP contribution in [-0.4, -0.2) is 35.5 Å². The Morgan fingerprint density at radius 3 is 2.22 bits per heavy atom. The molecule has 0 radical (unpaired) electrons. The Hall–Kier alpha value is -1.15. The SMILES string of the molecule is CN1[C@@H]2CCCC[C@H]2N(C)P1(=O)Cc1ccc2ccccc2c1. The molecule has 122 valence electrons. The molecule has 0 unspecified atom stereocenters. The highest BCUT2D eigenvalue weighted by Crippen LogP contribution is 2.63. The van der Waals surface area contributed by atoms with Crippen molar-refractivity contribution >= 4 is 18.2 Å². The van der Waals surface area contributed by atoms with Gasteiger partial charge in [-0.05, 0) is 43.3 Å². The van der Waals surface area contributed by atoms with Crippen molar-refractivity contribution in [3.8, 4) is 0 Å². The molecule has 23 heavy (non-hydrogen) atoms. The number of fused-ring (bicyclic) bond motifs is 2. The van der Waals surface area contributed by atoms with Crippen LogP contribution in [0.5, 0.6) is 0 Å². The Labute approximate surface area is 138 Å². The molecule has 1 aliphatic heterocycles. The highest BCUT2D eigenvalue weighted by Gasteiger charge is 2.51. The van der Waals surface area contributed by atoms with Crippen LogP contribution in [-0.2, 0) is 10.7 Å². The van der Waals surface area contributed by atoms with Crippen LogP contribution in [0.1, 0.15) is 31.2 Å². The fourth-order valence-electron chi connectivity index (χ4n) is 4.45. The van der Waals surface area contributed by atoms with Crippen molar-refractivity contribution in [2.45, 2.75) is 43.9 Å². The van der Waals surface area contributed by atoms with Crippen molar-refractivity contribution in [2.24, 2.45) is 0 Å². The first-order valence-electron chi connectivity index (χ1n) is 8.63. The van der Waals surface area contributed by atoms with E-state index in [1.807, 2.05) is 0 Å². The van der Waals surface area contributed by atoms with Crippen molar-refractivity contribution in [2.75, 3.05) is 14.1 Å². The van der Waals surface area contributed by atoms with Crippen molar-refractivity contribution < 1.29 is 4.57 Å². The van der Waals surface area contributed by atoms with E-state index in [0.717, 1.165) is 0 Å². The van der Waals surface area contributed by atoms with Gasteiger partial charge in [0, 0.05) is 12.1 Å². The van der Waals surface area contributed by atoms with Crippen LogP contribution < -0.4 is 0 Å². The zero-order chi connectivity index (χ0) is 16.0. The summed E-state index contributed by atoms with van der Waals surface area (Å²) in [5.74, 6) is 0. The Morgan fingerprint density at radius 2 is 1.57 bits per heavy atom. The summed E-state index contributed by atoms with van der Waals surface area (Å²) >= 11 is 0. The van der Waals surface area contributed by atoms with Gasteiger partial charge in [0.25, 0.3) is 0 Å². The standard InChI is InChI=1S/C19H25N2OP/c1-20-18-9-5-6-10-19(18)21(2)23(20,22)14-15-11-12-16-7-3-4-8-17(16)13-15/h3-4,7-8,11-13,18-19H,5-6,9-10,14H2,1-2H3/t18-,19-/m1/s1.